The Morgan fingerprint density at radius 2 is 2.10 bits per heavy atom. The fourth-order valence-corrected chi connectivity index (χ4v) is 3.62. The summed E-state index contributed by atoms with van der Waals surface area (Å²) < 4.78 is 10.8. The number of ether oxygens (including phenoxy) is 2. The molecule has 0 spiro atoms. The Morgan fingerprint density at radius 3 is 2.87 bits per heavy atom. The molecule has 3 aromatic rings. The minimum atomic E-state index is -0.381. The van der Waals surface area contributed by atoms with E-state index in [2.05, 4.69) is 33.2 Å². The molecule has 30 heavy (non-hydrogen) atoms. The summed E-state index contributed by atoms with van der Waals surface area (Å²) >= 11 is 0. The number of hydrogen-bond acceptors (Lipinski definition) is 7. The number of carbonyl (C=O) groups excluding carboxylic acids is 1. The largest absolute Gasteiger partial charge is 0.462 e. The second kappa shape index (κ2) is 9.09. The Labute approximate surface area is 176 Å². The number of benzene rings is 1. The van der Waals surface area contributed by atoms with Crippen molar-refractivity contribution in [3.05, 3.63) is 59.9 Å². The maximum Gasteiger partial charge on any atom is 0.341 e. The second-order valence-corrected chi connectivity index (χ2v) is 7.29. The van der Waals surface area contributed by atoms with Crippen molar-refractivity contribution in [1.82, 2.24) is 9.97 Å². The number of aromatic nitrogens is 2. The van der Waals surface area contributed by atoms with Gasteiger partial charge in [-0.15, -0.1) is 0 Å². The first-order valence-electron chi connectivity index (χ1n) is 10.3. The van der Waals surface area contributed by atoms with E-state index in [1.165, 1.54) is 0 Å². The molecule has 1 saturated heterocycles. The number of carbonyl (C=O) groups is 1. The molecule has 0 amide bonds. The molecule has 1 aromatic carbocycles. The summed E-state index contributed by atoms with van der Waals surface area (Å²) in [5.74, 6) is 0.573. The number of fused-ring (bicyclic) bond motifs is 1. The van der Waals surface area contributed by atoms with Gasteiger partial charge in [-0.2, -0.15) is 0 Å². The first kappa shape index (κ1) is 20.1. The van der Waals surface area contributed by atoms with E-state index in [0.717, 1.165) is 47.7 Å². The van der Waals surface area contributed by atoms with Gasteiger partial charge in [-0.25, -0.2) is 9.78 Å². The molecule has 1 aliphatic rings. The highest BCUT2D eigenvalue weighted by molar-refractivity contribution is 6.04. The molecule has 0 saturated carbocycles. The summed E-state index contributed by atoms with van der Waals surface area (Å²) in [6, 6.07) is 11.8. The summed E-state index contributed by atoms with van der Waals surface area (Å²) in [6.07, 6.45) is 3.66. The Hall–Kier alpha value is -3.19. The van der Waals surface area contributed by atoms with E-state index >= 15 is 0 Å². The molecule has 1 atom stereocenters. The number of pyridine rings is 2. The lowest BCUT2D eigenvalue weighted by Gasteiger charge is -2.32. The number of para-hydroxylation sites is 1. The zero-order valence-corrected chi connectivity index (χ0v) is 17.3. The fraction of sp³-hybridized carbons (Fsp3) is 0.348. The van der Waals surface area contributed by atoms with E-state index in [-0.39, 0.29) is 12.1 Å². The Kier molecular flexibility index (Phi) is 6.09. The summed E-state index contributed by atoms with van der Waals surface area (Å²) in [6.45, 7) is 7.13. The third kappa shape index (κ3) is 4.36. The standard InChI is InChI=1S/C23H26N4O3/c1-3-29-23(28)19-14-24-20-7-5-4-6-18(20)22(19)26-13-17-8-9-21(25-12-17)27-10-11-30-16(2)15-27/h4-9,12,14,16H,3,10-11,13,15H2,1-2H3,(H,24,26). The number of morpholine rings is 1. The summed E-state index contributed by atoms with van der Waals surface area (Å²) in [5, 5.41) is 4.29. The zero-order valence-electron chi connectivity index (χ0n) is 17.3. The van der Waals surface area contributed by atoms with Crippen LogP contribution in [0.25, 0.3) is 10.9 Å². The molecule has 0 bridgehead atoms. The molecule has 3 heterocycles. The second-order valence-electron chi connectivity index (χ2n) is 7.29. The normalized spacial score (nSPS) is 16.5. The molecule has 0 radical (unpaired) electrons. The minimum absolute atomic E-state index is 0.211. The first-order chi connectivity index (χ1) is 14.7. The molecule has 2 aromatic heterocycles. The van der Waals surface area contributed by atoms with E-state index in [4.69, 9.17) is 9.47 Å². The van der Waals surface area contributed by atoms with Crippen molar-refractivity contribution in [2.75, 3.05) is 36.5 Å². The van der Waals surface area contributed by atoms with Gasteiger partial charge in [0.1, 0.15) is 11.4 Å². The van der Waals surface area contributed by atoms with Gasteiger partial charge in [0, 0.05) is 37.4 Å². The predicted molar refractivity (Wildman–Crippen MR) is 117 cm³/mol. The SMILES string of the molecule is CCOC(=O)c1cnc2ccccc2c1NCc1ccc(N2CCOC(C)C2)nc1. The highest BCUT2D eigenvalue weighted by atomic mass is 16.5. The Morgan fingerprint density at radius 1 is 1.23 bits per heavy atom. The maximum absolute atomic E-state index is 12.4. The number of nitrogens with one attached hydrogen (secondary N) is 1. The van der Waals surface area contributed by atoms with Crippen molar-refractivity contribution in [3.63, 3.8) is 0 Å². The highest BCUT2D eigenvalue weighted by Crippen LogP contribution is 2.27. The molecule has 1 aliphatic heterocycles. The van der Waals surface area contributed by atoms with Gasteiger partial charge in [0.05, 0.1) is 30.5 Å². The van der Waals surface area contributed by atoms with E-state index in [1.807, 2.05) is 36.5 Å². The van der Waals surface area contributed by atoms with Crippen molar-refractivity contribution in [3.8, 4) is 0 Å². The molecular formula is C23H26N4O3. The Balaban J connectivity index is 1.54. The molecule has 7 nitrogen and oxygen atoms in total. The van der Waals surface area contributed by atoms with Gasteiger partial charge in [-0.3, -0.25) is 4.98 Å². The third-order valence-corrected chi connectivity index (χ3v) is 5.11. The van der Waals surface area contributed by atoms with E-state index in [1.54, 1.807) is 13.1 Å². The van der Waals surface area contributed by atoms with Gasteiger partial charge in [0.15, 0.2) is 0 Å². The van der Waals surface area contributed by atoms with Gasteiger partial charge in [-0.05, 0) is 31.5 Å². The lowest BCUT2D eigenvalue weighted by molar-refractivity contribution is 0.0524. The molecular weight excluding hydrogens is 380 g/mol. The van der Waals surface area contributed by atoms with Crippen LogP contribution in [-0.2, 0) is 16.0 Å². The van der Waals surface area contributed by atoms with Gasteiger partial charge in [0.2, 0.25) is 0 Å². The topological polar surface area (TPSA) is 76.6 Å². The quantitative estimate of drug-likeness (QED) is 0.626. The van der Waals surface area contributed by atoms with Crippen LogP contribution in [0.2, 0.25) is 0 Å². The number of anilines is 2. The van der Waals surface area contributed by atoms with Crippen LogP contribution in [0.15, 0.2) is 48.8 Å². The molecule has 156 valence electrons. The van der Waals surface area contributed by atoms with E-state index in [9.17, 15) is 4.79 Å². The molecule has 7 heteroatoms. The van der Waals surface area contributed by atoms with Crippen molar-refractivity contribution >= 4 is 28.4 Å². The molecule has 1 fully saturated rings. The van der Waals surface area contributed by atoms with E-state index in [0.29, 0.717) is 18.7 Å². The monoisotopic (exact) mass is 406 g/mol. The van der Waals surface area contributed by atoms with Crippen molar-refractivity contribution < 1.29 is 14.3 Å². The molecule has 4 rings (SSSR count). The minimum Gasteiger partial charge on any atom is -0.462 e. The van der Waals surface area contributed by atoms with Crippen LogP contribution >= 0.6 is 0 Å². The van der Waals surface area contributed by atoms with Crippen LogP contribution in [0.1, 0.15) is 29.8 Å². The summed E-state index contributed by atoms with van der Waals surface area (Å²) in [4.78, 5) is 23.7. The lowest BCUT2D eigenvalue weighted by atomic mass is 10.1. The number of rotatable bonds is 6. The van der Waals surface area contributed by atoms with Gasteiger partial charge >= 0.3 is 5.97 Å². The molecule has 0 aliphatic carbocycles. The summed E-state index contributed by atoms with van der Waals surface area (Å²) in [5.41, 5.74) is 3.01. The molecule has 1 N–H and O–H groups in total. The molecule has 1 unspecified atom stereocenters. The van der Waals surface area contributed by atoms with Gasteiger partial charge < -0.3 is 19.7 Å². The number of hydrogen-bond donors (Lipinski definition) is 1. The van der Waals surface area contributed by atoms with Gasteiger partial charge in [-0.1, -0.05) is 24.3 Å². The number of esters is 1. The van der Waals surface area contributed by atoms with Gasteiger partial charge in [0.25, 0.3) is 0 Å². The van der Waals surface area contributed by atoms with Crippen molar-refractivity contribution in [2.24, 2.45) is 0 Å². The smallest absolute Gasteiger partial charge is 0.341 e. The van der Waals surface area contributed by atoms with E-state index < -0.39 is 0 Å². The average molecular weight is 406 g/mol. The number of nitrogens with zero attached hydrogens (tertiary/aromatic N) is 3. The maximum atomic E-state index is 12.4. The van der Waals surface area contributed by atoms with Crippen LogP contribution in [0, 0.1) is 0 Å². The highest BCUT2D eigenvalue weighted by Gasteiger charge is 2.18. The zero-order chi connectivity index (χ0) is 20.9. The lowest BCUT2D eigenvalue weighted by Crippen LogP contribution is -2.41. The first-order valence-corrected chi connectivity index (χ1v) is 10.3. The van der Waals surface area contributed by atoms with Crippen LogP contribution < -0.4 is 10.2 Å². The van der Waals surface area contributed by atoms with Crippen molar-refractivity contribution in [2.45, 2.75) is 26.5 Å². The fourth-order valence-electron chi connectivity index (χ4n) is 3.62. The van der Waals surface area contributed by atoms with Crippen LogP contribution in [-0.4, -0.2) is 48.3 Å². The van der Waals surface area contributed by atoms with Crippen LogP contribution in [0.3, 0.4) is 0 Å². The van der Waals surface area contributed by atoms with Crippen LogP contribution in [0.5, 0.6) is 0 Å². The predicted octanol–water partition coefficient (Wildman–Crippen LogP) is 3.64. The Bertz CT molecular complexity index is 1020. The van der Waals surface area contributed by atoms with Crippen LogP contribution in [0.4, 0.5) is 11.5 Å². The summed E-state index contributed by atoms with van der Waals surface area (Å²) in [7, 11) is 0. The van der Waals surface area contributed by atoms with Crippen molar-refractivity contribution in [1.29, 1.82) is 0 Å². The average Bonchev–Trinajstić information content (AvgIpc) is 2.78. The third-order valence-electron chi connectivity index (χ3n) is 5.11.